The van der Waals surface area contributed by atoms with Crippen molar-refractivity contribution in [3.05, 3.63) is 29.8 Å². The van der Waals surface area contributed by atoms with Gasteiger partial charge in [-0.3, -0.25) is 4.79 Å². The summed E-state index contributed by atoms with van der Waals surface area (Å²) >= 11 is 0. The van der Waals surface area contributed by atoms with Gasteiger partial charge >= 0.3 is 6.18 Å². The first-order valence-corrected chi connectivity index (χ1v) is 9.74. The second-order valence-corrected chi connectivity index (χ2v) is 8.18. The average molecular weight is 379 g/mol. The Kier molecular flexibility index (Phi) is 5.97. The van der Waals surface area contributed by atoms with E-state index in [-0.39, 0.29) is 35.8 Å². The molecule has 1 aliphatic heterocycles. The predicted molar refractivity (Wildman–Crippen MR) is 86.0 cm³/mol. The Morgan fingerprint density at radius 3 is 2.40 bits per heavy atom. The van der Waals surface area contributed by atoms with Crippen molar-refractivity contribution in [3.8, 4) is 5.75 Å². The molecule has 1 heterocycles. The Morgan fingerprint density at radius 1 is 1.28 bits per heavy atom. The minimum Gasteiger partial charge on any atom is -0.484 e. The van der Waals surface area contributed by atoms with E-state index in [1.165, 1.54) is 4.90 Å². The summed E-state index contributed by atoms with van der Waals surface area (Å²) in [5.41, 5.74) is -0.796. The van der Waals surface area contributed by atoms with E-state index < -0.39 is 21.6 Å². The van der Waals surface area contributed by atoms with Crippen molar-refractivity contribution in [1.82, 2.24) is 4.90 Å². The van der Waals surface area contributed by atoms with Crippen LogP contribution in [0.3, 0.4) is 0 Å². The highest BCUT2D eigenvalue weighted by atomic mass is 32.2. The third-order valence-corrected chi connectivity index (χ3v) is 5.73. The molecule has 1 saturated heterocycles. The molecule has 0 aliphatic carbocycles. The second kappa shape index (κ2) is 7.63. The van der Waals surface area contributed by atoms with Crippen molar-refractivity contribution in [2.45, 2.75) is 32.0 Å². The fourth-order valence-corrected chi connectivity index (χ4v) is 4.47. The third kappa shape index (κ3) is 5.35. The number of benzene rings is 1. The monoisotopic (exact) mass is 379 g/mol. The molecule has 1 aromatic carbocycles. The number of carbonyl (C=O) groups excluding carboxylic acids is 1. The van der Waals surface area contributed by atoms with Crippen LogP contribution in [0.5, 0.6) is 5.75 Å². The van der Waals surface area contributed by atoms with Crippen molar-refractivity contribution in [2.24, 2.45) is 0 Å². The normalized spacial score (nSPS) is 19.6. The lowest BCUT2D eigenvalue weighted by Gasteiger charge is -2.27. The summed E-state index contributed by atoms with van der Waals surface area (Å²) in [6, 6.07) is 3.70. The van der Waals surface area contributed by atoms with Crippen molar-refractivity contribution in [2.75, 3.05) is 24.7 Å². The van der Waals surface area contributed by atoms with Crippen LogP contribution in [0.1, 0.15) is 25.3 Å². The topological polar surface area (TPSA) is 63.7 Å². The van der Waals surface area contributed by atoms with Crippen molar-refractivity contribution < 1.29 is 31.1 Å². The summed E-state index contributed by atoms with van der Waals surface area (Å²) < 4.78 is 66.0. The molecule has 2 rings (SSSR count). The van der Waals surface area contributed by atoms with Gasteiger partial charge in [0, 0.05) is 12.6 Å². The van der Waals surface area contributed by atoms with E-state index >= 15 is 0 Å². The minimum atomic E-state index is -4.43. The lowest BCUT2D eigenvalue weighted by atomic mass is 10.2. The zero-order chi connectivity index (χ0) is 18.7. The SMILES string of the molecule is CCCN(C(=O)COc1ccc(C(F)(F)F)cc1)C1CCS(=O)(=O)C1. The number of carbonyl (C=O) groups is 1. The van der Waals surface area contributed by atoms with Gasteiger partial charge in [0.05, 0.1) is 17.1 Å². The highest BCUT2D eigenvalue weighted by Gasteiger charge is 2.34. The Hall–Kier alpha value is -1.77. The van der Waals surface area contributed by atoms with Gasteiger partial charge in [0.1, 0.15) is 5.75 Å². The van der Waals surface area contributed by atoms with Crippen LogP contribution in [0, 0.1) is 0 Å². The summed E-state index contributed by atoms with van der Waals surface area (Å²) in [5.74, 6) is -0.218. The predicted octanol–water partition coefficient (Wildman–Crippen LogP) is 2.51. The fraction of sp³-hybridized carbons (Fsp3) is 0.562. The van der Waals surface area contributed by atoms with Crippen molar-refractivity contribution in [1.29, 1.82) is 0 Å². The number of halogens is 3. The molecule has 5 nitrogen and oxygen atoms in total. The number of nitrogens with zero attached hydrogens (tertiary/aromatic N) is 1. The van der Waals surface area contributed by atoms with E-state index in [1.807, 2.05) is 6.92 Å². The molecular formula is C16H20F3NO4S. The van der Waals surface area contributed by atoms with Crippen LogP contribution >= 0.6 is 0 Å². The molecule has 0 N–H and O–H groups in total. The maximum absolute atomic E-state index is 12.5. The van der Waals surface area contributed by atoms with E-state index in [1.54, 1.807) is 0 Å². The molecule has 0 radical (unpaired) electrons. The highest BCUT2D eigenvalue weighted by Crippen LogP contribution is 2.30. The molecule has 0 spiro atoms. The molecule has 25 heavy (non-hydrogen) atoms. The van der Waals surface area contributed by atoms with E-state index in [9.17, 15) is 26.4 Å². The standard InChI is InChI=1S/C16H20F3NO4S/c1-2-8-20(13-7-9-25(22,23)11-13)15(21)10-24-14-5-3-12(4-6-14)16(17,18)19/h3-6,13H,2,7-11H2,1H3. The largest absolute Gasteiger partial charge is 0.484 e. The summed E-state index contributed by atoms with van der Waals surface area (Å²) in [5, 5.41) is 0. The number of alkyl halides is 3. The van der Waals surface area contributed by atoms with Crippen LogP contribution < -0.4 is 4.74 Å². The van der Waals surface area contributed by atoms with Crippen LogP contribution in [0.15, 0.2) is 24.3 Å². The summed E-state index contributed by atoms with van der Waals surface area (Å²) in [4.78, 5) is 13.9. The number of hydrogen-bond acceptors (Lipinski definition) is 4. The number of sulfone groups is 1. The van der Waals surface area contributed by atoms with Gasteiger partial charge in [-0.25, -0.2) is 8.42 Å². The zero-order valence-corrected chi connectivity index (χ0v) is 14.6. The highest BCUT2D eigenvalue weighted by molar-refractivity contribution is 7.91. The molecule has 140 valence electrons. The quantitative estimate of drug-likeness (QED) is 0.762. The first-order chi connectivity index (χ1) is 11.6. The summed E-state index contributed by atoms with van der Waals surface area (Å²) in [6.45, 7) is 1.94. The van der Waals surface area contributed by atoms with Gasteiger partial charge in [-0.2, -0.15) is 13.2 Å². The number of amides is 1. The van der Waals surface area contributed by atoms with Crippen LogP contribution in [-0.4, -0.2) is 49.9 Å². The molecule has 1 unspecified atom stereocenters. The maximum Gasteiger partial charge on any atom is 0.416 e. The second-order valence-electron chi connectivity index (χ2n) is 5.95. The Labute approximate surface area is 144 Å². The molecule has 9 heteroatoms. The minimum absolute atomic E-state index is 0.0565. The average Bonchev–Trinajstić information content (AvgIpc) is 2.89. The molecule has 0 bridgehead atoms. The van der Waals surface area contributed by atoms with E-state index in [4.69, 9.17) is 4.74 Å². The van der Waals surface area contributed by atoms with Gasteiger partial charge in [-0.15, -0.1) is 0 Å². The number of ether oxygens (including phenoxy) is 1. The molecule has 0 aromatic heterocycles. The Balaban J connectivity index is 1.97. The van der Waals surface area contributed by atoms with Gasteiger partial charge in [-0.05, 0) is 37.1 Å². The summed E-state index contributed by atoms with van der Waals surface area (Å²) in [6.07, 6.45) is -3.36. The van der Waals surface area contributed by atoms with E-state index in [2.05, 4.69) is 0 Å². The molecule has 1 atom stereocenters. The molecule has 0 saturated carbocycles. The maximum atomic E-state index is 12.5. The molecule has 1 fully saturated rings. The lowest BCUT2D eigenvalue weighted by Crippen LogP contribution is -2.44. The van der Waals surface area contributed by atoms with E-state index in [0.717, 1.165) is 24.3 Å². The first-order valence-electron chi connectivity index (χ1n) is 7.92. The smallest absolute Gasteiger partial charge is 0.416 e. The van der Waals surface area contributed by atoms with Gasteiger partial charge in [0.2, 0.25) is 0 Å². The Morgan fingerprint density at radius 2 is 1.92 bits per heavy atom. The number of rotatable bonds is 6. The number of hydrogen-bond donors (Lipinski definition) is 0. The molecule has 1 aliphatic rings. The molecular weight excluding hydrogens is 359 g/mol. The molecule has 1 amide bonds. The third-order valence-electron chi connectivity index (χ3n) is 3.98. The lowest BCUT2D eigenvalue weighted by molar-refractivity contribution is -0.138. The van der Waals surface area contributed by atoms with Gasteiger partial charge < -0.3 is 9.64 Å². The van der Waals surface area contributed by atoms with Crippen molar-refractivity contribution >= 4 is 15.7 Å². The van der Waals surface area contributed by atoms with Gasteiger partial charge in [-0.1, -0.05) is 6.92 Å². The van der Waals surface area contributed by atoms with Crippen LogP contribution in [0.2, 0.25) is 0 Å². The summed E-state index contributed by atoms with van der Waals surface area (Å²) in [7, 11) is -3.12. The van der Waals surface area contributed by atoms with Gasteiger partial charge in [0.15, 0.2) is 16.4 Å². The zero-order valence-electron chi connectivity index (χ0n) is 13.8. The molecule has 1 aromatic rings. The van der Waals surface area contributed by atoms with Gasteiger partial charge in [0.25, 0.3) is 5.91 Å². The van der Waals surface area contributed by atoms with E-state index in [0.29, 0.717) is 19.4 Å². The fourth-order valence-electron chi connectivity index (χ4n) is 2.74. The van der Waals surface area contributed by atoms with Crippen molar-refractivity contribution in [3.63, 3.8) is 0 Å². The van der Waals surface area contributed by atoms with Crippen LogP contribution in [-0.2, 0) is 20.8 Å². The first kappa shape index (κ1) is 19.6. The van der Waals surface area contributed by atoms with Crippen LogP contribution in [0.25, 0.3) is 0 Å². The Bertz CT molecular complexity index is 701. The van der Waals surface area contributed by atoms with Crippen LogP contribution in [0.4, 0.5) is 13.2 Å².